The first-order chi connectivity index (χ1) is 10.7. The van der Waals surface area contributed by atoms with E-state index in [1.54, 1.807) is 11.7 Å². The minimum Gasteiger partial charge on any atom is -0.315 e. The molecule has 1 aromatic heterocycles. The van der Waals surface area contributed by atoms with E-state index in [0.717, 1.165) is 43.9 Å². The van der Waals surface area contributed by atoms with Crippen LogP contribution in [0.25, 0.3) is 0 Å². The highest BCUT2D eigenvalue weighted by molar-refractivity contribution is 5.93. The van der Waals surface area contributed by atoms with Gasteiger partial charge >= 0.3 is 0 Å². The van der Waals surface area contributed by atoms with Gasteiger partial charge in [0.25, 0.3) is 5.91 Å². The molecular formula is C16H22N4O2. The molecule has 0 radical (unpaired) electrons. The molecule has 1 aromatic rings. The second-order valence-corrected chi connectivity index (χ2v) is 6.87. The number of hydrogen-bond donors (Lipinski definition) is 3. The van der Waals surface area contributed by atoms with Gasteiger partial charge in [0.05, 0.1) is 11.3 Å². The molecule has 0 unspecified atom stereocenters. The first-order valence-corrected chi connectivity index (χ1v) is 8.09. The van der Waals surface area contributed by atoms with Gasteiger partial charge in [-0.15, -0.1) is 0 Å². The third-order valence-corrected chi connectivity index (χ3v) is 5.70. The van der Waals surface area contributed by atoms with E-state index in [-0.39, 0.29) is 0 Å². The molecule has 1 amide bonds. The highest BCUT2D eigenvalue weighted by Gasteiger charge is 2.49. The molecule has 1 saturated heterocycles. The van der Waals surface area contributed by atoms with Crippen molar-refractivity contribution in [3.8, 4) is 0 Å². The molecule has 1 aliphatic carbocycles. The number of carbonyl (C=O) groups excluding carboxylic acids is 1. The smallest absolute Gasteiger partial charge is 0.276 e. The van der Waals surface area contributed by atoms with E-state index in [1.807, 2.05) is 6.07 Å². The SMILES string of the molecule is O=C(NO)c1cnc2c(c1)CCN([C@@H]1CCCC13CNC3)C2. The minimum atomic E-state index is -0.493. The first kappa shape index (κ1) is 14.1. The summed E-state index contributed by atoms with van der Waals surface area (Å²) in [4.78, 5) is 18.6. The summed E-state index contributed by atoms with van der Waals surface area (Å²) in [6.45, 7) is 4.22. The van der Waals surface area contributed by atoms with Crippen molar-refractivity contribution in [1.82, 2.24) is 20.7 Å². The summed E-state index contributed by atoms with van der Waals surface area (Å²) in [5.41, 5.74) is 4.81. The molecule has 6 nitrogen and oxygen atoms in total. The van der Waals surface area contributed by atoms with Gasteiger partial charge < -0.3 is 5.32 Å². The third-order valence-electron chi connectivity index (χ3n) is 5.70. The van der Waals surface area contributed by atoms with Gasteiger partial charge in [-0.2, -0.15) is 0 Å². The number of carbonyl (C=O) groups is 1. The summed E-state index contributed by atoms with van der Waals surface area (Å²) in [6, 6.07) is 2.53. The average molecular weight is 302 g/mol. The first-order valence-electron chi connectivity index (χ1n) is 8.09. The van der Waals surface area contributed by atoms with Crippen molar-refractivity contribution >= 4 is 5.91 Å². The number of aromatic nitrogens is 1. The number of nitrogens with zero attached hydrogens (tertiary/aromatic N) is 2. The summed E-state index contributed by atoms with van der Waals surface area (Å²) < 4.78 is 0. The zero-order valence-electron chi connectivity index (χ0n) is 12.6. The molecule has 6 heteroatoms. The Morgan fingerprint density at radius 2 is 2.36 bits per heavy atom. The quantitative estimate of drug-likeness (QED) is 0.554. The van der Waals surface area contributed by atoms with Gasteiger partial charge in [0, 0.05) is 43.8 Å². The second-order valence-electron chi connectivity index (χ2n) is 6.87. The van der Waals surface area contributed by atoms with Gasteiger partial charge in [-0.1, -0.05) is 6.42 Å². The van der Waals surface area contributed by atoms with Gasteiger partial charge in [-0.05, 0) is 30.9 Å². The van der Waals surface area contributed by atoms with Crippen molar-refractivity contribution < 1.29 is 10.0 Å². The normalized spacial score (nSPS) is 26.5. The molecule has 3 heterocycles. The van der Waals surface area contributed by atoms with Crippen LogP contribution in [0.3, 0.4) is 0 Å². The molecule has 0 aromatic carbocycles. The Bertz CT molecular complexity index is 600. The minimum absolute atomic E-state index is 0.426. The fourth-order valence-corrected chi connectivity index (χ4v) is 4.44. The maximum Gasteiger partial charge on any atom is 0.276 e. The molecule has 1 spiro atoms. The topological polar surface area (TPSA) is 77.5 Å². The number of pyridine rings is 1. The second kappa shape index (κ2) is 5.30. The summed E-state index contributed by atoms with van der Waals surface area (Å²) in [6.07, 6.45) is 6.45. The number of nitrogens with one attached hydrogen (secondary N) is 2. The Kier molecular flexibility index (Phi) is 3.40. The molecule has 1 saturated carbocycles. The maximum absolute atomic E-state index is 11.5. The van der Waals surface area contributed by atoms with E-state index in [0.29, 0.717) is 17.0 Å². The van der Waals surface area contributed by atoms with E-state index in [9.17, 15) is 4.79 Å². The lowest BCUT2D eigenvalue weighted by atomic mass is 9.75. The number of hydroxylamine groups is 1. The fraction of sp³-hybridized carbons (Fsp3) is 0.625. The van der Waals surface area contributed by atoms with Crippen molar-refractivity contribution in [1.29, 1.82) is 0 Å². The fourth-order valence-electron chi connectivity index (χ4n) is 4.44. The molecule has 1 atom stereocenters. The van der Waals surface area contributed by atoms with Crippen LogP contribution in [-0.4, -0.2) is 46.7 Å². The number of hydrogen-bond acceptors (Lipinski definition) is 5. The van der Waals surface area contributed by atoms with Crippen LogP contribution in [0.15, 0.2) is 12.3 Å². The lowest BCUT2D eigenvalue weighted by Crippen LogP contribution is -2.62. The summed E-state index contributed by atoms with van der Waals surface area (Å²) in [7, 11) is 0. The molecule has 118 valence electrons. The number of fused-ring (bicyclic) bond motifs is 1. The van der Waals surface area contributed by atoms with Crippen LogP contribution in [0.2, 0.25) is 0 Å². The van der Waals surface area contributed by atoms with Crippen LogP contribution in [0, 0.1) is 5.41 Å². The van der Waals surface area contributed by atoms with Crippen LogP contribution in [0.4, 0.5) is 0 Å². The number of rotatable bonds is 2. The highest BCUT2D eigenvalue weighted by atomic mass is 16.5. The predicted molar refractivity (Wildman–Crippen MR) is 80.5 cm³/mol. The Balaban J connectivity index is 1.53. The molecule has 2 aliphatic heterocycles. The van der Waals surface area contributed by atoms with Gasteiger partial charge in [-0.3, -0.25) is 19.9 Å². The average Bonchev–Trinajstić information content (AvgIpc) is 2.98. The van der Waals surface area contributed by atoms with Gasteiger partial charge in [0.15, 0.2) is 0 Å². The Labute approximate surface area is 129 Å². The van der Waals surface area contributed by atoms with Crippen LogP contribution in [0.1, 0.15) is 40.9 Å². The van der Waals surface area contributed by atoms with Crippen LogP contribution in [-0.2, 0) is 13.0 Å². The van der Waals surface area contributed by atoms with Crippen molar-refractivity contribution in [2.45, 2.75) is 38.3 Å². The van der Waals surface area contributed by atoms with Crippen molar-refractivity contribution in [3.63, 3.8) is 0 Å². The standard InChI is InChI=1S/C16H22N4O2/c21-15(19-22)12-6-11-3-5-20(8-13(11)18-7-12)14-2-1-4-16(14)9-17-10-16/h6-7,14,17,22H,1-5,8-10H2,(H,19,21)/t14-/m1/s1. The zero-order chi connectivity index (χ0) is 15.2. The third kappa shape index (κ3) is 2.14. The Morgan fingerprint density at radius 3 is 3.09 bits per heavy atom. The Hall–Kier alpha value is -1.50. The van der Waals surface area contributed by atoms with E-state index in [4.69, 9.17) is 5.21 Å². The van der Waals surface area contributed by atoms with Crippen molar-refractivity contribution in [2.24, 2.45) is 5.41 Å². The largest absolute Gasteiger partial charge is 0.315 e. The molecule has 0 bridgehead atoms. The summed E-state index contributed by atoms with van der Waals surface area (Å²) in [5.74, 6) is -0.493. The maximum atomic E-state index is 11.5. The molecule has 3 N–H and O–H groups in total. The summed E-state index contributed by atoms with van der Waals surface area (Å²) >= 11 is 0. The van der Waals surface area contributed by atoms with Crippen molar-refractivity contribution in [3.05, 3.63) is 29.1 Å². The van der Waals surface area contributed by atoms with E-state index in [1.165, 1.54) is 19.3 Å². The highest BCUT2D eigenvalue weighted by Crippen LogP contribution is 2.45. The lowest BCUT2D eigenvalue weighted by molar-refractivity contribution is 0.0342. The van der Waals surface area contributed by atoms with Crippen molar-refractivity contribution in [2.75, 3.05) is 19.6 Å². The Morgan fingerprint density at radius 1 is 1.50 bits per heavy atom. The lowest BCUT2D eigenvalue weighted by Gasteiger charge is -2.49. The van der Waals surface area contributed by atoms with Gasteiger partial charge in [0.2, 0.25) is 0 Å². The van der Waals surface area contributed by atoms with Crippen LogP contribution >= 0.6 is 0 Å². The van der Waals surface area contributed by atoms with E-state index >= 15 is 0 Å². The van der Waals surface area contributed by atoms with E-state index < -0.39 is 5.91 Å². The monoisotopic (exact) mass is 302 g/mol. The molecule has 2 fully saturated rings. The summed E-state index contributed by atoms with van der Waals surface area (Å²) in [5, 5.41) is 12.2. The number of amides is 1. The predicted octanol–water partition coefficient (Wildman–Crippen LogP) is 0.701. The molecule has 22 heavy (non-hydrogen) atoms. The van der Waals surface area contributed by atoms with Crippen LogP contribution < -0.4 is 10.8 Å². The zero-order valence-corrected chi connectivity index (χ0v) is 12.6. The molecular weight excluding hydrogens is 280 g/mol. The van der Waals surface area contributed by atoms with E-state index in [2.05, 4.69) is 15.2 Å². The van der Waals surface area contributed by atoms with Crippen LogP contribution in [0.5, 0.6) is 0 Å². The van der Waals surface area contributed by atoms with Gasteiger partial charge in [0.1, 0.15) is 0 Å². The molecule has 3 aliphatic rings. The van der Waals surface area contributed by atoms with Gasteiger partial charge in [-0.25, -0.2) is 5.48 Å². The molecule has 4 rings (SSSR count).